The zero-order valence-electron chi connectivity index (χ0n) is 19.4. The minimum Gasteiger partial charge on any atom is -0.497 e. The predicted molar refractivity (Wildman–Crippen MR) is 131 cm³/mol. The normalized spacial score (nSPS) is 17.8. The van der Waals surface area contributed by atoms with E-state index in [4.69, 9.17) is 32.7 Å². The van der Waals surface area contributed by atoms with Crippen molar-refractivity contribution in [2.45, 2.75) is 26.2 Å². The minimum absolute atomic E-state index is 0.0805. The van der Waals surface area contributed by atoms with Crippen molar-refractivity contribution >= 4 is 35.0 Å². The van der Waals surface area contributed by atoms with Crippen LogP contribution in [0.25, 0.3) is 0 Å². The predicted octanol–water partition coefficient (Wildman–Crippen LogP) is 5.03. The van der Waals surface area contributed by atoms with Crippen LogP contribution in [0, 0.1) is 11.8 Å². The summed E-state index contributed by atoms with van der Waals surface area (Å²) in [5.74, 6) is 0.782. The number of likely N-dealkylation sites (tertiary alicyclic amines) is 1. The Kier molecular flexibility index (Phi) is 8.49. The summed E-state index contributed by atoms with van der Waals surface area (Å²) in [7, 11) is 3.18. The van der Waals surface area contributed by atoms with Gasteiger partial charge in [-0.25, -0.2) is 0 Å². The van der Waals surface area contributed by atoms with E-state index in [-0.39, 0.29) is 29.3 Å². The minimum atomic E-state index is -0.437. The van der Waals surface area contributed by atoms with Crippen LogP contribution in [0.15, 0.2) is 36.4 Å². The third kappa shape index (κ3) is 5.92. The van der Waals surface area contributed by atoms with Crippen LogP contribution >= 0.6 is 23.2 Å². The zero-order chi connectivity index (χ0) is 24.1. The molecule has 2 amide bonds. The molecule has 1 heterocycles. The highest BCUT2D eigenvalue weighted by molar-refractivity contribution is 6.36. The number of nitrogens with zero attached hydrogens (tertiary/aromatic N) is 1. The molecule has 0 radical (unpaired) electrons. The molecule has 2 aromatic rings. The van der Waals surface area contributed by atoms with Gasteiger partial charge in [0.2, 0.25) is 5.91 Å². The van der Waals surface area contributed by atoms with Crippen LogP contribution in [0.1, 0.15) is 42.1 Å². The van der Waals surface area contributed by atoms with Gasteiger partial charge in [0.1, 0.15) is 11.5 Å². The molecule has 0 spiro atoms. The Balaban J connectivity index is 1.93. The highest BCUT2D eigenvalue weighted by atomic mass is 35.5. The van der Waals surface area contributed by atoms with Crippen molar-refractivity contribution < 1.29 is 19.1 Å². The van der Waals surface area contributed by atoms with Gasteiger partial charge in [0.05, 0.1) is 30.7 Å². The molecule has 1 saturated heterocycles. The first kappa shape index (κ1) is 25.2. The van der Waals surface area contributed by atoms with E-state index in [0.29, 0.717) is 41.1 Å². The molecule has 0 aliphatic carbocycles. The van der Waals surface area contributed by atoms with Crippen molar-refractivity contribution in [1.82, 2.24) is 10.2 Å². The molecule has 2 aromatic carbocycles. The van der Waals surface area contributed by atoms with Gasteiger partial charge in [0.15, 0.2) is 0 Å². The maximum absolute atomic E-state index is 13.3. The van der Waals surface area contributed by atoms with E-state index in [1.807, 2.05) is 18.2 Å². The van der Waals surface area contributed by atoms with Crippen LogP contribution in [0.2, 0.25) is 10.0 Å². The van der Waals surface area contributed by atoms with E-state index < -0.39 is 5.92 Å². The average molecular weight is 493 g/mol. The number of amides is 2. The third-order valence-corrected chi connectivity index (χ3v) is 6.51. The van der Waals surface area contributed by atoms with Gasteiger partial charge >= 0.3 is 0 Å². The van der Waals surface area contributed by atoms with Gasteiger partial charge in [0.25, 0.3) is 5.91 Å². The van der Waals surface area contributed by atoms with Crippen molar-refractivity contribution in [1.29, 1.82) is 0 Å². The number of nitrogens with one attached hydrogen (secondary N) is 1. The van der Waals surface area contributed by atoms with E-state index in [1.54, 1.807) is 37.3 Å². The maximum atomic E-state index is 13.3. The maximum Gasteiger partial charge on any atom is 0.255 e. The lowest BCUT2D eigenvalue weighted by Gasteiger charge is -2.21. The molecule has 33 heavy (non-hydrogen) atoms. The first-order valence-electron chi connectivity index (χ1n) is 11.0. The number of carbonyl (C=O) groups excluding carboxylic acids is 2. The number of benzene rings is 2. The van der Waals surface area contributed by atoms with Crippen molar-refractivity contribution in [2.24, 2.45) is 11.8 Å². The summed E-state index contributed by atoms with van der Waals surface area (Å²) in [6.45, 7) is 5.44. The van der Waals surface area contributed by atoms with Crippen LogP contribution in [-0.2, 0) is 4.79 Å². The molecule has 178 valence electrons. The Bertz CT molecular complexity index is 1010. The summed E-state index contributed by atoms with van der Waals surface area (Å²) < 4.78 is 11.0. The molecule has 0 aromatic heterocycles. The van der Waals surface area contributed by atoms with Gasteiger partial charge in [-0.1, -0.05) is 37.0 Å². The Morgan fingerprint density at radius 3 is 2.48 bits per heavy atom. The van der Waals surface area contributed by atoms with E-state index in [9.17, 15) is 9.59 Å². The second kappa shape index (κ2) is 11.1. The third-order valence-electron chi connectivity index (χ3n) is 5.96. The van der Waals surface area contributed by atoms with Crippen LogP contribution < -0.4 is 14.8 Å². The first-order chi connectivity index (χ1) is 15.7. The van der Waals surface area contributed by atoms with E-state index in [2.05, 4.69) is 19.2 Å². The smallest absolute Gasteiger partial charge is 0.255 e. The molecule has 1 fully saturated rings. The topological polar surface area (TPSA) is 67.9 Å². The molecular formula is C25H30Cl2N2O4. The molecule has 1 N–H and O–H groups in total. The lowest BCUT2D eigenvalue weighted by molar-refractivity contribution is -0.124. The van der Waals surface area contributed by atoms with Crippen LogP contribution in [0.4, 0.5) is 0 Å². The molecule has 8 heteroatoms. The summed E-state index contributed by atoms with van der Waals surface area (Å²) in [5, 5.41) is 3.79. The quantitative estimate of drug-likeness (QED) is 0.560. The number of methoxy groups -OCH3 is 2. The standard InChI is InChI=1S/C25H30Cl2N2O4/c1-15(2)9-10-28-24(30)21-14-29(25(31)18-7-5-16(26)11-22(18)27)13-20(21)19-12-17(32-3)6-8-23(19)33-4/h5-8,11-12,15,20-21H,9-10,13-14H2,1-4H3,(H,28,30)/t20-,21-/m0/s1. The van der Waals surface area contributed by atoms with Crippen LogP contribution in [0.5, 0.6) is 11.5 Å². The van der Waals surface area contributed by atoms with Gasteiger partial charge in [-0.2, -0.15) is 0 Å². The molecule has 0 unspecified atom stereocenters. The van der Waals surface area contributed by atoms with E-state index in [1.165, 1.54) is 0 Å². The first-order valence-corrected chi connectivity index (χ1v) is 11.7. The molecular weight excluding hydrogens is 463 g/mol. The summed E-state index contributed by atoms with van der Waals surface area (Å²) >= 11 is 12.3. The largest absolute Gasteiger partial charge is 0.497 e. The number of hydrogen-bond acceptors (Lipinski definition) is 4. The molecule has 1 aliphatic heterocycles. The Morgan fingerprint density at radius 2 is 1.85 bits per heavy atom. The summed E-state index contributed by atoms with van der Waals surface area (Å²) in [4.78, 5) is 28.2. The van der Waals surface area contributed by atoms with Crippen molar-refractivity contribution in [3.8, 4) is 11.5 Å². The van der Waals surface area contributed by atoms with Crippen molar-refractivity contribution in [3.63, 3.8) is 0 Å². The number of halogens is 2. The molecule has 0 saturated carbocycles. The second-order valence-electron chi connectivity index (χ2n) is 8.63. The van der Waals surface area contributed by atoms with Gasteiger partial charge in [-0.3, -0.25) is 9.59 Å². The number of rotatable bonds is 8. The summed E-state index contributed by atoms with van der Waals surface area (Å²) in [6, 6.07) is 10.3. The van der Waals surface area contributed by atoms with Gasteiger partial charge in [-0.15, -0.1) is 0 Å². The fraction of sp³-hybridized carbons (Fsp3) is 0.440. The fourth-order valence-electron chi connectivity index (χ4n) is 4.13. The molecule has 0 bridgehead atoms. The van der Waals surface area contributed by atoms with E-state index >= 15 is 0 Å². The monoisotopic (exact) mass is 492 g/mol. The van der Waals surface area contributed by atoms with Crippen molar-refractivity contribution in [2.75, 3.05) is 33.9 Å². The summed E-state index contributed by atoms with van der Waals surface area (Å²) in [5.41, 5.74) is 1.19. The van der Waals surface area contributed by atoms with Gasteiger partial charge < -0.3 is 19.7 Å². The Hall–Kier alpha value is -2.44. The fourth-order valence-corrected chi connectivity index (χ4v) is 4.62. The van der Waals surface area contributed by atoms with E-state index in [0.717, 1.165) is 12.0 Å². The second-order valence-corrected chi connectivity index (χ2v) is 9.47. The number of hydrogen-bond donors (Lipinski definition) is 1. The molecule has 3 rings (SSSR count). The number of carbonyl (C=O) groups is 2. The highest BCUT2D eigenvalue weighted by Crippen LogP contribution is 2.40. The number of ether oxygens (including phenoxy) is 2. The highest BCUT2D eigenvalue weighted by Gasteiger charge is 2.42. The SMILES string of the molecule is COc1ccc(OC)c([C@@H]2CN(C(=O)c3ccc(Cl)cc3Cl)C[C@@H]2C(=O)NCCC(C)C)c1. The Labute approximate surface area is 205 Å². The molecule has 6 nitrogen and oxygen atoms in total. The van der Waals surface area contributed by atoms with Gasteiger partial charge in [-0.05, 0) is 48.7 Å². The van der Waals surface area contributed by atoms with Gasteiger partial charge in [0, 0.05) is 36.1 Å². The Morgan fingerprint density at radius 1 is 1.09 bits per heavy atom. The lowest BCUT2D eigenvalue weighted by Crippen LogP contribution is -2.36. The van der Waals surface area contributed by atoms with Crippen LogP contribution in [-0.4, -0.2) is 50.6 Å². The molecule has 1 aliphatic rings. The summed E-state index contributed by atoms with van der Waals surface area (Å²) in [6.07, 6.45) is 0.884. The molecule has 2 atom stereocenters. The zero-order valence-corrected chi connectivity index (χ0v) is 20.9. The average Bonchev–Trinajstić information content (AvgIpc) is 3.23. The van der Waals surface area contributed by atoms with Crippen LogP contribution in [0.3, 0.4) is 0 Å². The van der Waals surface area contributed by atoms with Crippen molar-refractivity contribution in [3.05, 3.63) is 57.6 Å². The lowest BCUT2D eigenvalue weighted by atomic mass is 9.87.